The summed E-state index contributed by atoms with van der Waals surface area (Å²) >= 11 is 0. The number of nitrogens with two attached hydrogens (primary N) is 1. The minimum Gasteiger partial charge on any atom is -0.611 e. The molecule has 0 aliphatic rings. The number of hydrogen-bond acceptors (Lipinski definition) is 2. The first-order valence-corrected chi connectivity index (χ1v) is 2.75. The molecule has 0 radical (unpaired) electrons. The van der Waals surface area contributed by atoms with Gasteiger partial charge in [0.2, 0.25) is 0 Å². The summed E-state index contributed by atoms with van der Waals surface area (Å²) in [6.45, 7) is 1.44. The lowest BCUT2D eigenvalue weighted by atomic mass is 12.0. The quantitative estimate of drug-likeness (QED) is 0.247. The Bertz CT molecular complexity index is 47.6. The van der Waals surface area contributed by atoms with Crippen LogP contribution in [0.25, 0.3) is 0 Å². The average Bonchev–Trinajstić information content (AvgIpc) is 1.38. The van der Waals surface area contributed by atoms with Gasteiger partial charge in [0.25, 0.3) is 0 Å². The highest BCUT2D eigenvalue weighted by atomic mass is 31.1. The molecule has 0 saturated heterocycles. The van der Waals surface area contributed by atoms with Gasteiger partial charge in [0.15, 0.2) is 7.94 Å². The standard InChI is InChI=1S/CH5N2OP/c1-5(4)3-2/h2H2,1H3. The van der Waals surface area contributed by atoms with Gasteiger partial charge in [-0.15, -0.1) is 0 Å². The number of rotatable bonds is 0. The van der Waals surface area contributed by atoms with Crippen molar-refractivity contribution < 1.29 is 4.89 Å². The van der Waals surface area contributed by atoms with Crippen molar-refractivity contribution in [3.05, 3.63) is 0 Å². The van der Waals surface area contributed by atoms with Crippen LogP contribution in [0.1, 0.15) is 0 Å². The van der Waals surface area contributed by atoms with Gasteiger partial charge in [-0.25, -0.2) is 0 Å². The van der Waals surface area contributed by atoms with Crippen LogP contribution in [-0.4, -0.2) is 6.66 Å². The Kier molecular flexibility index (Phi) is 2.28. The van der Waals surface area contributed by atoms with E-state index in [9.17, 15) is 4.89 Å². The van der Waals surface area contributed by atoms with E-state index in [-0.39, 0.29) is 0 Å². The maximum Gasteiger partial charge on any atom is 0.182 e. The Morgan fingerprint density at radius 1 is 2.00 bits per heavy atom. The maximum atomic E-state index is 9.67. The van der Waals surface area contributed by atoms with Crippen molar-refractivity contribution in [2.75, 3.05) is 6.66 Å². The first-order chi connectivity index (χ1) is 2.27. The predicted octanol–water partition coefficient (Wildman–Crippen LogP) is -0.569. The number of hydrogen-bond donors (Lipinski definition) is 1. The second-order valence-corrected chi connectivity index (χ2v) is 1.74. The van der Waals surface area contributed by atoms with Crippen LogP contribution in [0.5, 0.6) is 0 Å². The Labute approximate surface area is 31.3 Å². The van der Waals surface area contributed by atoms with Gasteiger partial charge in [-0.1, -0.05) is 0 Å². The van der Waals surface area contributed by atoms with Crippen LogP contribution in [0.15, 0.2) is 4.85 Å². The van der Waals surface area contributed by atoms with E-state index in [0.29, 0.717) is 0 Å². The van der Waals surface area contributed by atoms with Crippen LogP contribution in [0.4, 0.5) is 0 Å². The van der Waals surface area contributed by atoms with Crippen molar-refractivity contribution in [2.45, 2.75) is 0 Å². The molecule has 1 atom stereocenters. The summed E-state index contributed by atoms with van der Waals surface area (Å²) in [5.41, 5.74) is 0. The molecular formula is CH5N2OP. The van der Waals surface area contributed by atoms with Crippen LogP contribution in [0.2, 0.25) is 0 Å². The largest absolute Gasteiger partial charge is 0.611 e. The summed E-state index contributed by atoms with van der Waals surface area (Å²) in [7, 11) is -1.45. The first kappa shape index (κ1) is 5.02. The highest BCUT2D eigenvalue weighted by Crippen LogP contribution is 1.98. The molecule has 3 nitrogen and oxygen atoms in total. The first-order valence-electron chi connectivity index (χ1n) is 1.09. The predicted molar refractivity (Wildman–Crippen MR) is 19.5 cm³/mol. The van der Waals surface area contributed by atoms with E-state index in [4.69, 9.17) is 0 Å². The van der Waals surface area contributed by atoms with E-state index in [1.165, 1.54) is 6.66 Å². The molecule has 0 aromatic heterocycles. The zero-order valence-electron chi connectivity index (χ0n) is 2.88. The molecule has 2 N–H and O–H groups in total. The fourth-order valence-electron chi connectivity index (χ4n) is 0. The summed E-state index contributed by atoms with van der Waals surface area (Å²) in [4.78, 5) is 12.6. The van der Waals surface area contributed by atoms with Gasteiger partial charge in [0.05, 0.1) is 0 Å². The van der Waals surface area contributed by atoms with Crippen LogP contribution in [0, 0.1) is 0 Å². The molecule has 0 bridgehead atoms. The fraction of sp³-hybridized carbons (Fsp3) is 1.00. The summed E-state index contributed by atoms with van der Waals surface area (Å²) in [5.74, 6) is 4.51. The third kappa shape index (κ3) is 4.02. The summed E-state index contributed by atoms with van der Waals surface area (Å²) < 4.78 is 0. The smallest absolute Gasteiger partial charge is 0.182 e. The van der Waals surface area contributed by atoms with E-state index in [2.05, 4.69) is 10.7 Å². The molecule has 0 amide bonds. The molecular weight excluding hydrogens is 87.0 g/mol. The molecule has 0 heterocycles. The molecule has 0 aromatic rings. The monoisotopic (exact) mass is 92.0 g/mol. The van der Waals surface area contributed by atoms with Gasteiger partial charge in [-0.2, -0.15) is 5.84 Å². The molecule has 0 aromatic carbocycles. The zero-order valence-corrected chi connectivity index (χ0v) is 3.77. The Morgan fingerprint density at radius 3 is 2.20 bits per heavy atom. The van der Waals surface area contributed by atoms with Crippen molar-refractivity contribution in [3.63, 3.8) is 0 Å². The van der Waals surface area contributed by atoms with Crippen molar-refractivity contribution in [1.82, 2.24) is 0 Å². The normalized spacial score (nSPS) is 12.2. The van der Waals surface area contributed by atoms with Gasteiger partial charge in [0, 0.05) is 0 Å². The minimum absolute atomic E-state index is 1.44. The second kappa shape index (κ2) is 2.27. The van der Waals surface area contributed by atoms with Crippen LogP contribution in [-0.2, 0) is 0 Å². The average molecular weight is 92.0 g/mol. The Balaban J connectivity index is 3.14. The summed E-state index contributed by atoms with van der Waals surface area (Å²) in [5, 5.41) is 0. The van der Waals surface area contributed by atoms with Gasteiger partial charge in [0.1, 0.15) is 6.66 Å². The number of nitrogens with zero attached hydrogens (tertiary/aromatic N) is 1. The topological polar surface area (TPSA) is 61.4 Å². The SMILES string of the molecule is C[P+]([O-])=NN. The van der Waals surface area contributed by atoms with E-state index in [1.54, 1.807) is 0 Å². The fourth-order valence-corrected chi connectivity index (χ4v) is 0. The highest BCUT2D eigenvalue weighted by molar-refractivity contribution is 7.38. The summed E-state index contributed by atoms with van der Waals surface area (Å²) in [6.07, 6.45) is 0. The molecule has 0 spiro atoms. The second-order valence-electron chi connectivity index (χ2n) is 0.580. The third-order valence-electron chi connectivity index (χ3n) is 0.163. The lowest BCUT2D eigenvalue weighted by molar-refractivity contribution is -0.154. The Morgan fingerprint density at radius 2 is 2.20 bits per heavy atom. The van der Waals surface area contributed by atoms with E-state index < -0.39 is 7.94 Å². The van der Waals surface area contributed by atoms with Crippen molar-refractivity contribution >= 4 is 7.94 Å². The van der Waals surface area contributed by atoms with Gasteiger partial charge < -0.3 is 4.89 Å². The molecule has 0 aliphatic carbocycles. The van der Waals surface area contributed by atoms with E-state index in [1.807, 2.05) is 0 Å². The molecule has 1 unspecified atom stereocenters. The molecule has 0 saturated carbocycles. The molecule has 5 heavy (non-hydrogen) atoms. The zero-order chi connectivity index (χ0) is 4.28. The lowest BCUT2D eigenvalue weighted by Gasteiger charge is -1.73. The maximum absolute atomic E-state index is 9.67. The molecule has 0 aliphatic heterocycles. The summed E-state index contributed by atoms with van der Waals surface area (Å²) in [6, 6.07) is 0. The van der Waals surface area contributed by atoms with Gasteiger partial charge in [-0.3, -0.25) is 0 Å². The molecule has 0 fully saturated rings. The van der Waals surface area contributed by atoms with Crippen LogP contribution >= 0.6 is 7.94 Å². The van der Waals surface area contributed by atoms with Gasteiger partial charge in [-0.05, 0) is 4.85 Å². The lowest BCUT2D eigenvalue weighted by Crippen LogP contribution is -1.85. The third-order valence-corrected chi connectivity index (χ3v) is 0.488. The van der Waals surface area contributed by atoms with E-state index >= 15 is 0 Å². The molecule has 4 heteroatoms. The molecule has 30 valence electrons. The van der Waals surface area contributed by atoms with Crippen LogP contribution in [0.3, 0.4) is 0 Å². The van der Waals surface area contributed by atoms with Crippen molar-refractivity contribution in [1.29, 1.82) is 0 Å². The molecule has 0 rings (SSSR count). The van der Waals surface area contributed by atoms with E-state index in [0.717, 1.165) is 0 Å². The van der Waals surface area contributed by atoms with Crippen LogP contribution < -0.4 is 10.7 Å². The Hall–Kier alpha value is 0.0200. The van der Waals surface area contributed by atoms with Crippen molar-refractivity contribution in [2.24, 2.45) is 10.7 Å². The highest BCUT2D eigenvalue weighted by Gasteiger charge is 1.68. The van der Waals surface area contributed by atoms with Gasteiger partial charge >= 0.3 is 0 Å². The van der Waals surface area contributed by atoms with Crippen molar-refractivity contribution in [3.8, 4) is 0 Å². The minimum atomic E-state index is -1.45.